The molecule has 4 heteroatoms. The van der Waals surface area contributed by atoms with Crippen LogP contribution in [0.1, 0.15) is 75.3 Å². The second-order valence-corrected chi connectivity index (χ2v) is 7.97. The number of benzene rings is 2. The number of nitrogens with zero attached hydrogens (tertiary/aromatic N) is 1. The predicted molar refractivity (Wildman–Crippen MR) is 115 cm³/mol. The van der Waals surface area contributed by atoms with Crippen molar-refractivity contribution in [3.8, 4) is 17.6 Å². The highest BCUT2D eigenvalue weighted by molar-refractivity contribution is 5.61. The molecule has 4 nitrogen and oxygen atoms in total. The third-order valence-corrected chi connectivity index (χ3v) is 5.91. The molecule has 2 aromatic rings. The van der Waals surface area contributed by atoms with Crippen LogP contribution in [0.15, 0.2) is 36.4 Å². The third kappa shape index (κ3) is 4.98. The molecule has 0 aliphatic heterocycles. The van der Waals surface area contributed by atoms with Crippen LogP contribution in [-0.2, 0) is 0 Å². The van der Waals surface area contributed by atoms with E-state index in [1.165, 1.54) is 51.4 Å². The average Bonchev–Trinajstić information content (AvgIpc) is 2.71. The van der Waals surface area contributed by atoms with Crippen LogP contribution in [0.25, 0.3) is 0 Å². The fourth-order valence-corrected chi connectivity index (χ4v) is 4.28. The Morgan fingerprint density at radius 1 is 1.04 bits per heavy atom. The smallest absolute Gasteiger partial charge is 0.150 e. The Morgan fingerprint density at radius 2 is 1.82 bits per heavy atom. The lowest BCUT2D eigenvalue weighted by Crippen LogP contribution is -2.14. The minimum absolute atomic E-state index is 0.479. The summed E-state index contributed by atoms with van der Waals surface area (Å²) in [4.78, 5) is 0. The SMILES string of the molecule is CCCCCC1CCC(c2ccc(Oc3ccc(N)cc3N)cc2C#N)CC1. The van der Waals surface area contributed by atoms with Gasteiger partial charge in [0.25, 0.3) is 0 Å². The molecule has 0 amide bonds. The molecule has 4 N–H and O–H groups in total. The topological polar surface area (TPSA) is 85.1 Å². The van der Waals surface area contributed by atoms with Gasteiger partial charge in [-0.3, -0.25) is 0 Å². The monoisotopic (exact) mass is 377 g/mol. The number of nitriles is 1. The summed E-state index contributed by atoms with van der Waals surface area (Å²) in [5, 5.41) is 9.68. The Balaban J connectivity index is 1.66. The van der Waals surface area contributed by atoms with Gasteiger partial charge in [-0.15, -0.1) is 0 Å². The molecule has 1 saturated carbocycles. The van der Waals surface area contributed by atoms with Gasteiger partial charge in [-0.1, -0.05) is 38.7 Å². The van der Waals surface area contributed by atoms with Gasteiger partial charge in [-0.25, -0.2) is 0 Å². The van der Waals surface area contributed by atoms with E-state index in [0.29, 0.717) is 34.4 Å². The molecule has 0 radical (unpaired) electrons. The normalized spacial score (nSPS) is 19.1. The van der Waals surface area contributed by atoms with Crippen LogP contribution in [0.4, 0.5) is 11.4 Å². The molecule has 0 unspecified atom stereocenters. The van der Waals surface area contributed by atoms with Crippen LogP contribution in [0.2, 0.25) is 0 Å². The Bertz CT molecular complexity index is 832. The number of nitrogens with two attached hydrogens (primary N) is 2. The van der Waals surface area contributed by atoms with Crippen LogP contribution in [0.3, 0.4) is 0 Å². The standard InChI is InChI=1S/C24H31N3O/c1-2-3-4-5-17-6-8-18(9-7-17)22-12-11-21(14-19(22)16-25)28-24-13-10-20(26)15-23(24)27/h10-15,17-18H,2-9,26-27H2,1H3. The van der Waals surface area contributed by atoms with E-state index in [1.54, 1.807) is 18.2 Å². The van der Waals surface area contributed by atoms with Crippen molar-refractivity contribution < 1.29 is 4.74 Å². The fraction of sp³-hybridized carbons (Fsp3) is 0.458. The summed E-state index contributed by atoms with van der Waals surface area (Å²) in [6.45, 7) is 2.26. The molecule has 2 aromatic carbocycles. The zero-order chi connectivity index (χ0) is 19.9. The van der Waals surface area contributed by atoms with Crippen molar-refractivity contribution in [1.29, 1.82) is 5.26 Å². The lowest BCUT2D eigenvalue weighted by atomic mass is 9.76. The minimum atomic E-state index is 0.479. The number of ether oxygens (including phenoxy) is 1. The molecule has 0 bridgehead atoms. The van der Waals surface area contributed by atoms with Gasteiger partial charge in [0.1, 0.15) is 11.5 Å². The molecule has 0 aromatic heterocycles. The average molecular weight is 378 g/mol. The maximum atomic E-state index is 9.68. The van der Waals surface area contributed by atoms with Crippen LogP contribution in [-0.4, -0.2) is 0 Å². The predicted octanol–water partition coefficient (Wildman–Crippen LogP) is 6.37. The summed E-state index contributed by atoms with van der Waals surface area (Å²) >= 11 is 0. The lowest BCUT2D eigenvalue weighted by molar-refractivity contribution is 0.302. The number of hydrogen-bond acceptors (Lipinski definition) is 4. The summed E-state index contributed by atoms with van der Waals surface area (Å²) in [6.07, 6.45) is 10.3. The summed E-state index contributed by atoms with van der Waals surface area (Å²) in [5.74, 6) is 2.53. The van der Waals surface area contributed by atoms with Crippen molar-refractivity contribution >= 4 is 11.4 Å². The summed E-state index contributed by atoms with van der Waals surface area (Å²) < 4.78 is 5.89. The van der Waals surface area contributed by atoms with Gasteiger partial charge in [0, 0.05) is 5.69 Å². The van der Waals surface area contributed by atoms with Gasteiger partial charge in [0.2, 0.25) is 0 Å². The van der Waals surface area contributed by atoms with Crippen LogP contribution >= 0.6 is 0 Å². The Kier molecular flexibility index (Phi) is 6.81. The van der Waals surface area contributed by atoms with E-state index in [1.807, 2.05) is 12.1 Å². The second kappa shape index (κ2) is 9.50. The molecular weight excluding hydrogens is 346 g/mol. The van der Waals surface area contributed by atoms with Gasteiger partial charge in [-0.05, 0) is 73.4 Å². The van der Waals surface area contributed by atoms with Crippen LogP contribution in [0.5, 0.6) is 11.5 Å². The molecule has 3 rings (SSSR count). The third-order valence-electron chi connectivity index (χ3n) is 5.91. The minimum Gasteiger partial charge on any atom is -0.455 e. The molecule has 0 saturated heterocycles. The van der Waals surface area contributed by atoms with Crippen LogP contribution < -0.4 is 16.2 Å². The molecular formula is C24H31N3O. The van der Waals surface area contributed by atoms with Crippen molar-refractivity contribution in [2.24, 2.45) is 5.92 Å². The first kappa shape index (κ1) is 20.1. The van der Waals surface area contributed by atoms with E-state index in [-0.39, 0.29) is 0 Å². The molecule has 148 valence electrons. The molecule has 0 spiro atoms. The van der Waals surface area contributed by atoms with Gasteiger partial charge >= 0.3 is 0 Å². The van der Waals surface area contributed by atoms with Crippen LogP contribution in [0, 0.1) is 17.2 Å². The summed E-state index contributed by atoms with van der Waals surface area (Å²) in [5.41, 5.74) is 14.7. The molecule has 1 fully saturated rings. The maximum Gasteiger partial charge on any atom is 0.150 e. The van der Waals surface area contributed by atoms with Crippen molar-refractivity contribution in [3.05, 3.63) is 47.5 Å². The first-order valence-corrected chi connectivity index (χ1v) is 10.5. The number of hydrogen-bond donors (Lipinski definition) is 2. The fourth-order valence-electron chi connectivity index (χ4n) is 4.28. The van der Waals surface area contributed by atoms with E-state index in [0.717, 1.165) is 11.5 Å². The maximum absolute atomic E-state index is 9.68. The molecule has 28 heavy (non-hydrogen) atoms. The lowest BCUT2D eigenvalue weighted by Gasteiger charge is -2.29. The number of nitrogen functional groups attached to an aromatic ring is 2. The summed E-state index contributed by atoms with van der Waals surface area (Å²) in [6, 6.07) is 13.4. The Hall–Kier alpha value is -2.67. The largest absolute Gasteiger partial charge is 0.455 e. The van der Waals surface area contributed by atoms with Crippen molar-refractivity contribution in [2.45, 2.75) is 64.2 Å². The Labute approximate surface area is 168 Å². The first-order chi connectivity index (χ1) is 13.6. The van der Waals surface area contributed by atoms with E-state index < -0.39 is 0 Å². The van der Waals surface area contributed by atoms with Gasteiger partial charge in [0.05, 0.1) is 17.3 Å². The van der Waals surface area contributed by atoms with E-state index in [9.17, 15) is 5.26 Å². The highest BCUT2D eigenvalue weighted by atomic mass is 16.5. The molecule has 1 aliphatic rings. The van der Waals surface area contributed by atoms with Gasteiger partial charge in [-0.2, -0.15) is 5.26 Å². The van der Waals surface area contributed by atoms with E-state index >= 15 is 0 Å². The van der Waals surface area contributed by atoms with Gasteiger partial charge in [0.15, 0.2) is 0 Å². The quantitative estimate of drug-likeness (QED) is 0.434. The van der Waals surface area contributed by atoms with Crippen molar-refractivity contribution in [1.82, 2.24) is 0 Å². The molecule has 0 heterocycles. The Morgan fingerprint density at radius 3 is 2.50 bits per heavy atom. The molecule has 0 atom stereocenters. The van der Waals surface area contributed by atoms with E-state index in [4.69, 9.17) is 16.2 Å². The summed E-state index contributed by atoms with van der Waals surface area (Å²) in [7, 11) is 0. The van der Waals surface area contributed by atoms with Gasteiger partial charge < -0.3 is 16.2 Å². The van der Waals surface area contributed by atoms with E-state index in [2.05, 4.69) is 19.1 Å². The zero-order valence-corrected chi connectivity index (χ0v) is 16.8. The number of anilines is 2. The highest BCUT2D eigenvalue weighted by Gasteiger charge is 2.24. The second-order valence-electron chi connectivity index (χ2n) is 7.97. The number of unbranched alkanes of at least 4 members (excludes halogenated alkanes) is 2. The zero-order valence-electron chi connectivity index (χ0n) is 16.8. The first-order valence-electron chi connectivity index (χ1n) is 10.5. The highest BCUT2D eigenvalue weighted by Crippen LogP contribution is 2.40. The van der Waals surface area contributed by atoms with Crippen molar-refractivity contribution in [3.63, 3.8) is 0 Å². The van der Waals surface area contributed by atoms with Crippen molar-refractivity contribution in [2.75, 3.05) is 11.5 Å². The number of rotatable bonds is 7. The molecule has 1 aliphatic carbocycles.